The molecule has 0 aromatic carbocycles. The average Bonchev–Trinajstić information content (AvgIpc) is 2.41. The second-order valence-electron chi connectivity index (χ2n) is 3.97. The van der Waals surface area contributed by atoms with Crippen LogP contribution in [0.2, 0.25) is 0 Å². The lowest BCUT2D eigenvalue weighted by Gasteiger charge is -2.29. The van der Waals surface area contributed by atoms with Crippen LogP contribution in [0.3, 0.4) is 0 Å². The van der Waals surface area contributed by atoms with Gasteiger partial charge in [-0.15, -0.1) is 6.58 Å². The van der Waals surface area contributed by atoms with Crippen LogP contribution in [0.25, 0.3) is 0 Å². The van der Waals surface area contributed by atoms with Crippen LogP contribution in [0.15, 0.2) is 24.3 Å². The van der Waals surface area contributed by atoms with Gasteiger partial charge in [0.1, 0.15) is 12.2 Å². The fourth-order valence-corrected chi connectivity index (χ4v) is 2.10. The predicted octanol–water partition coefficient (Wildman–Crippen LogP) is 0.836. The molecule has 0 saturated heterocycles. The fraction of sp³-hybridized carbons (Fsp3) is 0.545. The summed E-state index contributed by atoms with van der Waals surface area (Å²) in [7, 11) is 0. The van der Waals surface area contributed by atoms with Crippen molar-refractivity contribution in [2.45, 2.75) is 31.7 Å². The zero-order valence-electron chi connectivity index (χ0n) is 8.14. The second kappa shape index (κ2) is 3.33. The molecule has 1 fully saturated rings. The summed E-state index contributed by atoms with van der Waals surface area (Å²) in [5, 5.41) is 9.60. The number of carbonyl (C=O) groups is 1. The van der Waals surface area contributed by atoms with Crippen molar-refractivity contribution in [1.82, 2.24) is 0 Å². The number of ketones is 1. The number of aliphatic hydroxyl groups is 1. The maximum atomic E-state index is 11.5. The zero-order chi connectivity index (χ0) is 10.3. The van der Waals surface area contributed by atoms with E-state index in [1.165, 1.54) is 0 Å². The van der Waals surface area contributed by atoms with Gasteiger partial charge >= 0.3 is 0 Å². The highest BCUT2D eigenvalue weighted by molar-refractivity contribution is 5.99. The highest BCUT2D eigenvalue weighted by Crippen LogP contribution is 2.35. The van der Waals surface area contributed by atoms with Gasteiger partial charge in [-0.1, -0.05) is 13.0 Å². The smallest absolute Gasteiger partial charge is 0.161 e. The Labute approximate surface area is 83.1 Å². The molecule has 14 heavy (non-hydrogen) atoms. The summed E-state index contributed by atoms with van der Waals surface area (Å²) >= 11 is 0. The number of carbonyl (C=O) groups excluding carboxylic acids is 1. The first-order chi connectivity index (χ1) is 6.63. The first-order valence-corrected chi connectivity index (χ1v) is 4.84. The van der Waals surface area contributed by atoms with Crippen molar-refractivity contribution in [3.63, 3.8) is 0 Å². The van der Waals surface area contributed by atoms with Gasteiger partial charge in [0, 0.05) is 12.0 Å². The van der Waals surface area contributed by atoms with Crippen molar-refractivity contribution >= 4 is 5.78 Å². The van der Waals surface area contributed by atoms with E-state index in [-0.39, 0.29) is 23.9 Å². The first-order valence-electron chi connectivity index (χ1n) is 4.84. The highest BCUT2D eigenvalue weighted by atomic mass is 16.5. The highest BCUT2D eigenvalue weighted by Gasteiger charge is 2.41. The Bertz CT molecular complexity index is 306. The summed E-state index contributed by atoms with van der Waals surface area (Å²) < 4.78 is 5.60. The number of hydrogen-bond donors (Lipinski definition) is 1. The van der Waals surface area contributed by atoms with Crippen molar-refractivity contribution in [2.75, 3.05) is 0 Å². The number of Topliss-reactive ketones (excluding diaryl/α,β-unsaturated/α-hetero) is 1. The van der Waals surface area contributed by atoms with Crippen molar-refractivity contribution in [1.29, 1.82) is 0 Å². The molecule has 1 aliphatic heterocycles. The van der Waals surface area contributed by atoms with Crippen molar-refractivity contribution in [2.24, 2.45) is 5.92 Å². The van der Waals surface area contributed by atoms with Crippen molar-refractivity contribution < 1.29 is 14.6 Å². The van der Waals surface area contributed by atoms with E-state index < -0.39 is 6.10 Å². The SMILES string of the molecule is C=C[C@H]1O[C@H]2C(=C[C@H]1O)C(=O)C[C@H]2C. The van der Waals surface area contributed by atoms with Crippen LogP contribution >= 0.6 is 0 Å². The van der Waals surface area contributed by atoms with Crippen LogP contribution in [-0.4, -0.2) is 29.2 Å². The molecule has 1 heterocycles. The maximum absolute atomic E-state index is 11.5. The van der Waals surface area contributed by atoms with Gasteiger partial charge in [-0.2, -0.15) is 0 Å². The molecule has 2 aliphatic rings. The summed E-state index contributed by atoms with van der Waals surface area (Å²) in [6.07, 6.45) is 2.46. The van der Waals surface area contributed by atoms with Gasteiger partial charge in [0.2, 0.25) is 0 Å². The van der Waals surface area contributed by atoms with E-state index in [0.717, 1.165) is 0 Å². The van der Waals surface area contributed by atoms with E-state index in [2.05, 4.69) is 6.58 Å². The molecule has 0 bridgehead atoms. The van der Waals surface area contributed by atoms with E-state index in [1.54, 1.807) is 12.2 Å². The molecule has 76 valence electrons. The molecule has 0 aromatic heterocycles. The lowest BCUT2D eigenvalue weighted by atomic mass is 9.99. The molecule has 1 saturated carbocycles. The fourth-order valence-electron chi connectivity index (χ4n) is 2.10. The lowest BCUT2D eigenvalue weighted by molar-refractivity contribution is -0.115. The molecule has 0 radical (unpaired) electrons. The van der Waals surface area contributed by atoms with Crippen LogP contribution in [-0.2, 0) is 9.53 Å². The molecule has 3 heteroatoms. The summed E-state index contributed by atoms with van der Waals surface area (Å²) in [5.74, 6) is 0.313. The van der Waals surface area contributed by atoms with Gasteiger partial charge in [-0.3, -0.25) is 4.79 Å². The second-order valence-corrected chi connectivity index (χ2v) is 3.97. The number of hydrogen-bond acceptors (Lipinski definition) is 3. The van der Waals surface area contributed by atoms with Crippen LogP contribution < -0.4 is 0 Å². The van der Waals surface area contributed by atoms with E-state index in [0.29, 0.717) is 12.0 Å². The van der Waals surface area contributed by atoms with Gasteiger partial charge in [-0.25, -0.2) is 0 Å². The van der Waals surface area contributed by atoms with Gasteiger partial charge in [-0.05, 0) is 12.0 Å². The van der Waals surface area contributed by atoms with E-state index in [9.17, 15) is 9.90 Å². The molecule has 0 aromatic rings. The molecule has 1 aliphatic carbocycles. The van der Waals surface area contributed by atoms with Crippen molar-refractivity contribution in [3.05, 3.63) is 24.3 Å². The Morgan fingerprint density at radius 3 is 3.07 bits per heavy atom. The van der Waals surface area contributed by atoms with Crippen LogP contribution in [0.5, 0.6) is 0 Å². The molecular weight excluding hydrogens is 180 g/mol. The Balaban J connectivity index is 2.30. The lowest BCUT2D eigenvalue weighted by Crippen LogP contribution is -2.37. The number of aliphatic hydroxyl groups excluding tert-OH is 1. The standard InChI is InChI=1S/C11H14O3/c1-3-10-9(13)5-7-8(12)4-6(2)11(7)14-10/h3,5-6,9-11,13H,1,4H2,2H3/t6-,9-,10-,11-/m1/s1. The number of fused-ring (bicyclic) bond motifs is 1. The van der Waals surface area contributed by atoms with Gasteiger partial charge in [0.05, 0.1) is 6.10 Å². The molecular formula is C11H14O3. The van der Waals surface area contributed by atoms with E-state index >= 15 is 0 Å². The normalized spacial score (nSPS) is 41.9. The summed E-state index contributed by atoms with van der Waals surface area (Å²) in [6, 6.07) is 0. The predicted molar refractivity (Wildman–Crippen MR) is 51.7 cm³/mol. The van der Waals surface area contributed by atoms with Crippen LogP contribution in [0.1, 0.15) is 13.3 Å². The topological polar surface area (TPSA) is 46.5 Å². The Morgan fingerprint density at radius 2 is 2.43 bits per heavy atom. The third-order valence-electron chi connectivity index (χ3n) is 2.88. The molecule has 3 nitrogen and oxygen atoms in total. The molecule has 0 spiro atoms. The monoisotopic (exact) mass is 194 g/mol. The quantitative estimate of drug-likeness (QED) is 0.629. The first kappa shape index (κ1) is 9.62. The third-order valence-corrected chi connectivity index (χ3v) is 2.88. The molecule has 1 N–H and O–H groups in total. The third kappa shape index (κ3) is 1.33. The van der Waals surface area contributed by atoms with Gasteiger partial charge < -0.3 is 9.84 Å². The molecule has 0 unspecified atom stereocenters. The van der Waals surface area contributed by atoms with E-state index in [1.807, 2.05) is 6.92 Å². The summed E-state index contributed by atoms with van der Waals surface area (Å²) in [5.41, 5.74) is 0.642. The Hall–Kier alpha value is -0.930. The molecule has 2 rings (SSSR count). The largest absolute Gasteiger partial charge is 0.386 e. The Kier molecular flexibility index (Phi) is 2.29. The zero-order valence-corrected chi connectivity index (χ0v) is 8.14. The minimum Gasteiger partial charge on any atom is -0.386 e. The number of ether oxygens (including phenoxy) is 1. The minimum absolute atomic E-state index is 0.101. The molecule has 0 amide bonds. The van der Waals surface area contributed by atoms with Crippen LogP contribution in [0, 0.1) is 5.92 Å². The van der Waals surface area contributed by atoms with E-state index in [4.69, 9.17) is 4.74 Å². The Morgan fingerprint density at radius 1 is 1.71 bits per heavy atom. The average molecular weight is 194 g/mol. The van der Waals surface area contributed by atoms with Crippen LogP contribution in [0.4, 0.5) is 0 Å². The minimum atomic E-state index is -0.729. The molecule has 4 atom stereocenters. The summed E-state index contributed by atoms with van der Waals surface area (Å²) in [4.78, 5) is 11.5. The number of rotatable bonds is 1. The van der Waals surface area contributed by atoms with Gasteiger partial charge in [0.15, 0.2) is 5.78 Å². The van der Waals surface area contributed by atoms with Gasteiger partial charge in [0.25, 0.3) is 0 Å². The van der Waals surface area contributed by atoms with Crippen molar-refractivity contribution in [3.8, 4) is 0 Å². The summed E-state index contributed by atoms with van der Waals surface area (Å²) in [6.45, 7) is 5.58. The maximum Gasteiger partial charge on any atom is 0.161 e.